The molecule has 3 heteroatoms. The van der Waals surface area contributed by atoms with Gasteiger partial charge in [-0.15, -0.1) is 11.3 Å². The number of hydrogen-bond donors (Lipinski definition) is 0. The van der Waals surface area contributed by atoms with Crippen LogP contribution in [-0.4, -0.2) is 17.9 Å². The van der Waals surface area contributed by atoms with Crippen molar-refractivity contribution in [2.75, 3.05) is 7.05 Å². The summed E-state index contributed by atoms with van der Waals surface area (Å²) >= 11 is 1.76. The molecule has 17 heavy (non-hydrogen) atoms. The number of thiophene rings is 1. The Morgan fingerprint density at radius 1 is 1.35 bits per heavy atom. The third-order valence-electron chi connectivity index (χ3n) is 2.74. The van der Waals surface area contributed by atoms with Crippen molar-refractivity contribution in [1.82, 2.24) is 4.90 Å². The first-order valence-corrected chi connectivity index (χ1v) is 6.62. The fourth-order valence-corrected chi connectivity index (χ4v) is 2.99. The van der Waals surface area contributed by atoms with Crippen LogP contribution >= 0.6 is 11.3 Å². The average Bonchev–Trinajstić information content (AvgIpc) is 2.69. The smallest absolute Gasteiger partial charge is 0.225 e. The minimum absolute atomic E-state index is 0.0642. The van der Waals surface area contributed by atoms with Crippen molar-refractivity contribution in [2.45, 2.75) is 20.4 Å². The van der Waals surface area contributed by atoms with Crippen molar-refractivity contribution >= 4 is 27.3 Å². The molecule has 2 nitrogen and oxygen atoms in total. The van der Waals surface area contributed by atoms with Gasteiger partial charge in [0.25, 0.3) is 0 Å². The SMILES string of the molecule is CC(C)C(=O)N(C)Cc1cc2ccccc2s1. The molecule has 0 N–H and O–H groups in total. The molecule has 0 bridgehead atoms. The van der Waals surface area contributed by atoms with E-state index >= 15 is 0 Å². The quantitative estimate of drug-likeness (QED) is 0.812. The Labute approximate surface area is 106 Å². The van der Waals surface area contributed by atoms with Crippen LogP contribution in [0.5, 0.6) is 0 Å². The van der Waals surface area contributed by atoms with E-state index in [9.17, 15) is 4.79 Å². The van der Waals surface area contributed by atoms with E-state index in [1.54, 1.807) is 16.2 Å². The zero-order valence-corrected chi connectivity index (χ0v) is 11.3. The Morgan fingerprint density at radius 2 is 2.06 bits per heavy atom. The molecule has 1 heterocycles. The van der Waals surface area contributed by atoms with E-state index in [0.717, 1.165) is 0 Å². The fourth-order valence-electron chi connectivity index (χ4n) is 1.87. The third-order valence-corrected chi connectivity index (χ3v) is 3.84. The molecule has 0 aliphatic rings. The van der Waals surface area contributed by atoms with Gasteiger partial charge in [0.1, 0.15) is 0 Å². The van der Waals surface area contributed by atoms with Gasteiger partial charge in [0.05, 0.1) is 6.54 Å². The van der Waals surface area contributed by atoms with Crippen molar-refractivity contribution < 1.29 is 4.79 Å². The molecule has 1 aromatic carbocycles. The van der Waals surface area contributed by atoms with Crippen molar-refractivity contribution in [2.24, 2.45) is 5.92 Å². The second-order valence-electron chi connectivity index (χ2n) is 4.60. The summed E-state index contributed by atoms with van der Waals surface area (Å²) in [6, 6.07) is 10.5. The maximum atomic E-state index is 11.8. The summed E-state index contributed by atoms with van der Waals surface area (Å²) in [5, 5.41) is 1.26. The van der Waals surface area contributed by atoms with Crippen LogP contribution in [-0.2, 0) is 11.3 Å². The van der Waals surface area contributed by atoms with Crippen LogP contribution in [0.25, 0.3) is 10.1 Å². The summed E-state index contributed by atoms with van der Waals surface area (Å²) in [4.78, 5) is 14.8. The van der Waals surface area contributed by atoms with E-state index in [4.69, 9.17) is 0 Å². The molecule has 0 atom stereocenters. The first kappa shape index (κ1) is 12.1. The predicted octanol–water partition coefficient (Wildman–Crippen LogP) is 3.52. The summed E-state index contributed by atoms with van der Waals surface area (Å²) in [5.74, 6) is 0.261. The molecular weight excluding hydrogens is 230 g/mol. The van der Waals surface area contributed by atoms with Crippen molar-refractivity contribution in [1.29, 1.82) is 0 Å². The van der Waals surface area contributed by atoms with Crippen molar-refractivity contribution in [3.8, 4) is 0 Å². The molecule has 0 spiro atoms. The van der Waals surface area contributed by atoms with Crippen LogP contribution in [0.3, 0.4) is 0 Å². The Bertz CT molecular complexity index is 497. The Balaban J connectivity index is 2.16. The van der Waals surface area contributed by atoms with E-state index in [2.05, 4.69) is 18.2 Å². The number of carbonyl (C=O) groups is 1. The highest BCUT2D eigenvalue weighted by molar-refractivity contribution is 7.19. The van der Waals surface area contributed by atoms with Gasteiger partial charge in [0.15, 0.2) is 0 Å². The van der Waals surface area contributed by atoms with Crippen LogP contribution in [0.2, 0.25) is 0 Å². The molecule has 0 radical (unpaired) electrons. The number of benzene rings is 1. The number of nitrogens with zero attached hydrogens (tertiary/aromatic N) is 1. The third kappa shape index (κ3) is 2.67. The maximum absolute atomic E-state index is 11.8. The zero-order chi connectivity index (χ0) is 12.4. The second-order valence-corrected chi connectivity index (χ2v) is 5.77. The summed E-state index contributed by atoms with van der Waals surface area (Å²) in [5.41, 5.74) is 0. The first-order valence-electron chi connectivity index (χ1n) is 5.80. The fraction of sp³-hybridized carbons (Fsp3) is 0.357. The van der Waals surface area contributed by atoms with Gasteiger partial charge < -0.3 is 4.90 Å². The number of rotatable bonds is 3. The van der Waals surface area contributed by atoms with E-state index in [1.165, 1.54) is 15.0 Å². The van der Waals surface area contributed by atoms with Crippen LogP contribution in [0, 0.1) is 5.92 Å². The van der Waals surface area contributed by atoms with Gasteiger partial charge in [0, 0.05) is 22.5 Å². The van der Waals surface area contributed by atoms with Crippen LogP contribution < -0.4 is 0 Å². The summed E-state index contributed by atoms with van der Waals surface area (Å²) in [6.45, 7) is 4.57. The molecule has 1 amide bonds. The molecule has 90 valence electrons. The van der Waals surface area contributed by atoms with E-state index in [-0.39, 0.29) is 11.8 Å². The minimum atomic E-state index is 0.0642. The molecule has 0 saturated heterocycles. The second kappa shape index (κ2) is 4.88. The zero-order valence-electron chi connectivity index (χ0n) is 10.4. The van der Waals surface area contributed by atoms with Crippen molar-refractivity contribution in [3.63, 3.8) is 0 Å². The topological polar surface area (TPSA) is 20.3 Å². The summed E-state index contributed by atoms with van der Waals surface area (Å²) < 4.78 is 1.29. The van der Waals surface area contributed by atoms with Gasteiger partial charge >= 0.3 is 0 Å². The van der Waals surface area contributed by atoms with Crippen LogP contribution in [0.1, 0.15) is 18.7 Å². The highest BCUT2D eigenvalue weighted by Gasteiger charge is 2.14. The van der Waals surface area contributed by atoms with Gasteiger partial charge in [-0.25, -0.2) is 0 Å². The van der Waals surface area contributed by atoms with E-state index in [0.29, 0.717) is 6.54 Å². The average molecular weight is 247 g/mol. The molecule has 1 aromatic heterocycles. The Morgan fingerprint density at radius 3 is 2.71 bits per heavy atom. The van der Waals surface area contributed by atoms with E-state index < -0.39 is 0 Å². The monoisotopic (exact) mass is 247 g/mol. The van der Waals surface area contributed by atoms with Gasteiger partial charge in [-0.3, -0.25) is 4.79 Å². The Kier molecular flexibility index (Phi) is 3.48. The lowest BCUT2D eigenvalue weighted by Gasteiger charge is -2.18. The number of carbonyl (C=O) groups excluding carboxylic acids is 1. The molecule has 0 fully saturated rings. The lowest BCUT2D eigenvalue weighted by atomic mass is 10.2. The minimum Gasteiger partial charge on any atom is -0.340 e. The van der Waals surface area contributed by atoms with Gasteiger partial charge in [0.2, 0.25) is 5.91 Å². The van der Waals surface area contributed by atoms with Crippen LogP contribution in [0.4, 0.5) is 0 Å². The van der Waals surface area contributed by atoms with E-state index in [1.807, 2.05) is 33.0 Å². The first-order chi connectivity index (χ1) is 8.08. The lowest BCUT2D eigenvalue weighted by molar-refractivity contribution is -0.133. The lowest BCUT2D eigenvalue weighted by Crippen LogP contribution is -2.29. The number of fused-ring (bicyclic) bond motifs is 1. The molecule has 0 unspecified atom stereocenters. The highest BCUT2D eigenvalue weighted by Crippen LogP contribution is 2.26. The predicted molar refractivity (Wildman–Crippen MR) is 73.1 cm³/mol. The van der Waals surface area contributed by atoms with Gasteiger partial charge in [-0.05, 0) is 17.5 Å². The normalized spacial score (nSPS) is 11.1. The molecule has 2 rings (SSSR count). The highest BCUT2D eigenvalue weighted by atomic mass is 32.1. The molecular formula is C14H17NOS. The number of amides is 1. The van der Waals surface area contributed by atoms with Crippen LogP contribution in [0.15, 0.2) is 30.3 Å². The summed E-state index contributed by atoms with van der Waals surface area (Å²) in [6.07, 6.45) is 0. The van der Waals surface area contributed by atoms with Gasteiger partial charge in [-0.2, -0.15) is 0 Å². The number of hydrogen-bond acceptors (Lipinski definition) is 2. The summed E-state index contributed by atoms with van der Waals surface area (Å²) in [7, 11) is 1.87. The molecule has 0 aliphatic carbocycles. The largest absolute Gasteiger partial charge is 0.340 e. The molecule has 0 saturated carbocycles. The molecule has 0 aliphatic heterocycles. The molecule has 2 aromatic rings. The van der Waals surface area contributed by atoms with Crippen molar-refractivity contribution in [3.05, 3.63) is 35.2 Å². The standard InChI is InChI=1S/C14H17NOS/c1-10(2)14(16)15(3)9-12-8-11-6-4-5-7-13(11)17-12/h4-8,10H,9H2,1-3H3. The Hall–Kier alpha value is -1.35. The maximum Gasteiger partial charge on any atom is 0.225 e. The van der Waals surface area contributed by atoms with Gasteiger partial charge in [-0.1, -0.05) is 32.0 Å².